The molecule has 0 saturated heterocycles. The molecule has 8 heteroatoms. The summed E-state index contributed by atoms with van der Waals surface area (Å²) in [5.41, 5.74) is 1.96. The second kappa shape index (κ2) is 7.53. The lowest BCUT2D eigenvalue weighted by atomic mass is 10.1. The van der Waals surface area contributed by atoms with Crippen molar-refractivity contribution in [2.45, 2.75) is 26.8 Å². The molecule has 0 radical (unpaired) electrons. The molecule has 7 nitrogen and oxygen atoms in total. The van der Waals surface area contributed by atoms with E-state index in [0.717, 1.165) is 5.56 Å². The van der Waals surface area contributed by atoms with Crippen molar-refractivity contribution in [2.24, 2.45) is 0 Å². The van der Waals surface area contributed by atoms with Crippen LogP contribution < -0.4 is 16.4 Å². The van der Waals surface area contributed by atoms with E-state index in [0.29, 0.717) is 40.3 Å². The van der Waals surface area contributed by atoms with Crippen molar-refractivity contribution in [3.8, 4) is 0 Å². The van der Waals surface area contributed by atoms with Gasteiger partial charge >= 0.3 is 0 Å². The summed E-state index contributed by atoms with van der Waals surface area (Å²) >= 11 is 6.13. The fourth-order valence-electron chi connectivity index (χ4n) is 2.64. The van der Waals surface area contributed by atoms with Gasteiger partial charge in [-0.1, -0.05) is 29.8 Å². The Bertz CT molecular complexity index is 1060. The highest BCUT2D eigenvalue weighted by Crippen LogP contribution is 2.15. The number of aromatic amines is 2. The van der Waals surface area contributed by atoms with Crippen LogP contribution in [0, 0.1) is 13.8 Å². The Kier molecular flexibility index (Phi) is 5.18. The fourth-order valence-corrected chi connectivity index (χ4v) is 2.85. The average molecular weight is 372 g/mol. The largest absolute Gasteiger partial charge is 0.352 e. The van der Waals surface area contributed by atoms with E-state index in [1.54, 1.807) is 19.9 Å². The number of rotatable bonds is 5. The van der Waals surface area contributed by atoms with Gasteiger partial charge in [-0.25, -0.2) is 9.97 Å². The van der Waals surface area contributed by atoms with E-state index in [9.17, 15) is 9.59 Å². The maximum atomic E-state index is 12.1. The molecule has 1 aromatic carbocycles. The second-order valence-corrected chi connectivity index (χ2v) is 6.33. The average Bonchev–Trinajstić information content (AvgIpc) is 2.57. The number of H-pyrrole nitrogens is 2. The zero-order chi connectivity index (χ0) is 18.7. The first-order valence-corrected chi connectivity index (χ1v) is 8.44. The van der Waals surface area contributed by atoms with Crippen molar-refractivity contribution in [1.29, 1.82) is 0 Å². The maximum absolute atomic E-state index is 12.1. The monoisotopic (exact) mass is 371 g/mol. The molecule has 0 aliphatic heterocycles. The summed E-state index contributed by atoms with van der Waals surface area (Å²) in [6.45, 7) is 3.90. The van der Waals surface area contributed by atoms with Crippen molar-refractivity contribution < 1.29 is 0 Å². The number of nitrogens with zero attached hydrogens (tertiary/aromatic N) is 2. The quantitative estimate of drug-likeness (QED) is 0.638. The van der Waals surface area contributed by atoms with Crippen LogP contribution >= 0.6 is 11.6 Å². The minimum Gasteiger partial charge on any atom is -0.352 e. The minimum atomic E-state index is -0.300. The highest BCUT2D eigenvalue weighted by Gasteiger charge is 2.10. The van der Waals surface area contributed by atoms with Crippen LogP contribution in [0.3, 0.4) is 0 Å². The summed E-state index contributed by atoms with van der Waals surface area (Å²) < 4.78 is 0. The number of anilines is 1. The van der Waals surface area contributed by atoms with Gasteiger partial charge in [-0.05, 0) is 25.5 Å². The predicted octanol–water partition coefficient (Wildman–Crippen LogP) is 2.33. The van der Waals surface area contributed by atoms with Gasteiger partial charge in [0.05, 0.1) is 5.69 Å². The molecule has 0 saturated carbocycles. The number of benzene rings is 1. The van der Waals surface area contributed by atoms with E-state index in [1.807, 2.05) is 18.2 Å². The Balaban J connectivity index is 1.83. The van der Waals surface area contributed by atoms with Crippen LogP contribution in [0.25, 0.3) is 0 Å². The zero-order valence-corrected chi connectivity index (χ0v) is 15.1. The molecule has 0 atom stereocenters. The molecule has 0 fully saturated rings. The lowest BCUT2D eigenvalue weighted by Crippen LogP contribution is -2.20. The first-order valence-electron chi connectivity index (χ1n) is 8.06. The van der Waals surface area contributed by atoms with E-state index >= 15 is 0 Å². The summed E-state index contributed by atoms with van der Waals surface area (Å²) in [6, 6.07) is 8.79. The van der Waals surface area contributed by atoms with Gasteiger partial charge in [-0.3, -0.25) is 14.6 Å². The Morgan fingerprint density at radius 2 is 1.88 bits per heavy atom. The fraction of sp³-hybridized carbons (Fsp3) is 0.222. The van der Waals surface area contributed by atoms with E-state index < -0.39 is 0 Å². The summed E-state index contributed by atoms with van der Waals surface area (Å²) in [5.74, 6) is 0.874. The van der Waals surface area contributed by atoms with Gasteiger partial charge in [-0.2, -0.15) is 0 Å². The summed E-state index contributed by atoms with van der Waals surface area (Å²) in [7, 11) is 0. The molecule has 26 heavy (non-hydrogen) atoms. The molecule has 0 aliphatic rings. The summed E-state index contributed by atoms with van der Waals surface area (Å²) in [5, 5.41) is 3.69. The Labute approximate surface area is 154 Å². The molecule has 3 aromatic rings. The van der Waals surface area contributed by atoms with Crippen molar-refractivity contribution in [2.75, 3.05) is 5.32 Å². The van der Waals surface area contributed by atoms with Gasteiger partial charge < -0.3 is 10.3 Å². The molecule has 0 bridgehead atoms. The Hall–Kier alpha value is -2.93. The molecular formula is C18H18ClN5O2. The first-order chi connectivity index (χ1) is 12.4. The van der Waals surface area contributed by atoms with Gasteiger partial charge in [0.1, 0.15) is 5.82 Å². The van der Waals surface area contributed by atoms with Crippen LogP contribution in [0.5, 0.6) is 0 Å². The molecule has 134 valence electrons. The van der Waals surface area contributed by atoms with Crippen molar-refractivity contribution in [3.63, 3.8) is 0 Å². The molecule has 0 aliphatic carbocycles. The van der Waals surface area contributed by atoms with Crippen molar-refractivity contribution in [1.82, 2.24) is 19.9 Å². The number of nitrogens with one attached hydrogen (secondary N) is 3. The molecule has 0 amide bonds. The van der Waals surface area contributed by atoms with Gasteiger partial charge in [-0.15, -0.1) is 0 Å². The van der Waals surface area contributed by atoms with Crippen LogP contribution in [0.2, 0.25) is 5.02 Å². The van der Waals surface area contributed by atoms with Crippen LogP contribution in [-0.2, 0) is 13.0 Å². The van der Waals surface area contributed by atoms with Gasteiger partial charge in [0, 0.05) is 35.3 Å². The van der Waals surface area contributed by atoms with Crippen molar-refractivity contribution >= 4 is 17.5 Å². The predicted molar refractivity (Wildman–Crippen MR) is 101 cm³/mol. The molecule has 2 aromatic heterocycles. The highest BCUT2D eigenvalue weighted by atomic mass is 35.5. The summed E-state index contributed by atoms with van der Waals surface area (Å²) in [4.78, 5) is 38.0. The zero-order valence-electron chi connectivity index (χ0n) is 14.4. The molecule has 3 N–H and O–H groups in total. The summed E-state index contributed by atoms with van der Waals surface area (Å²) in [6.07, 6.45) is 0.221. The number of hydrogen-bond acceptors (Lipinski definition) is 5. The molecule has 0 unspecified atom stereocenters. The Morgan fingerprint density at radius 1 is 1.12 bits per heavy atom. The molecular weight excluding hydrogens is 354 g/mol. The molecule has 0 spiro atoms. The van der Waals surface area contributed by atoms with E-state index in [2.05, 4.69) is 25.3 Å². The third-order valence-electron chi connectivity index (χ3n) is 3.90. The topological polar surface area (TPSA) is 104 Å². The van der Waals surface area contributed by atoms with Gasteiger partial charge in [0.15, 0.2) is 0 Å². The van der Waals surface area contributed by atoms with Crippen LogP contribution in [-0.4, -0.2) is 19.9 Å². The minimum absolute atomic E-state index is 0.220. The maximum Gasteiger partial charge on any atom is 0.254 e. The normalized spacial score (nSPS) is 10.7. The number of hydrogen-bond donors (Lipinski definition) is 3. The van der Waals surface area contributed by atoms with Gasteiger partial charge in [0.25, 0.3) is 11.1 Å². The van der Waals surface area contributed by atoms with Gasteiger partial charge in [0.2, 0.25) is 5.95 Å². The third kappa shape index (κ3) is 4.18. The number of aryl methyl sites for hydroxylation is 2. The first kappa shape index (κ1) is 17.9. The highest BCUT2D eigenvalue weighted by molar-refractivity contribution is 6.31. The van der Waals surface area contributed by atoms with E-state index in [4.69, 9.17) is 11.6 Å². The smallest absolute Gasteiger partial charge is 0.254 e. The lowest BCUT2D eigenvalue weighted by molar-refractivity contribution is 0.903. The van der Waals surface area contributed by atoms with Crippen LogP contribution in [0.15, 0.2) is 39.9 Å². The molecule has 2 heterocycles. The van der Waals surface area contributed by atoms with E-state index in [1.165, 1.54) is 6.07 Å². The van der Waals surface area contributed by atoms with E-state index in [-0.39, 0.29) is 17.5 Å². The Morgan fingerprint density at radius 3 is 2.62 bits per heavy atom. The number of halogens is 1. The van der Waals surface area contributed by atoms with Crippen LogP contribution in [0.1, 0.15) is 28.3 Å². The second-order valence-electron chi connectivity index (χ2n) is 5.92. The van der Waals surface area contributed by atoms with Crippen LogP contribution in [0.4, 0.5) is 5.95 Å². The third-order valence-corrected chi connectivity index (χ3v) is 4.27. The number of aromatic nitrogens is 4. The van der Waals surface area contributed by atoms with Crippen molar-refractivity contribution in [3.05, 3.63) is 84.4 Å². The SMILES string of the molecule is Cc1nc(C)c(Cc2cc(=O)[nH]c(NCc3ccccc3Cl)n2)c(=O)[nH]1. The lowest BCUT2D eigenvalue weighted by Gasteiger charge is -2.09. The standard InChI is InChI=1S/C18H18ClN5O2/c1-10-14(17(26)22-11(2)21-10)7-13-8-16(25)24-18(23-13)20-9-12-5-3-4-6-15(12)19/h3-6,8H,7,9H2,1-2H3,(H,21,22,26)(H2,20,23,24,25). The molecule has 3 rings (SSSR count).